The van der Waals surface area contributed by atoms with Crippen LogP contribution < -0.4 is 4.90 Å². The molecule has 0 unspecified atom stereocenters. The van der Waals surface area contributed by atoms with Crippen LogP contribution in [0.5, 0.6) is 0 Å². The molecule has 0 bridgehead atoms. The first-order chi connectivity index (χ1) is 11.6. The Morgan fingerprint density at radius 3 is 2.83 bits per heavy atom. The number of rotatable bonds is 3. The summed E-state index contributed by atoms with van der Waals surface area (Å²) in [5.41, 5.74) is 4.19. The summed E-state index contributed by atoms with van der Waals surface area (Å²) in [6, 6.07) is 12.3. The number of benzene rings is 1. The number of aliphatic hydroxyl groups excluding tert-OH is 1. The Hall–Kier alpha value is -2.58. The fraction of sp³-hybridized carbons (Fsp3) is 0.368. The number of aromatic nitrogens is 2. The number of anilines is 1. The van der Waals surface area contributed by atoms with Crippen molar-refractivity contribution in [2.75, 3.05) is 18.5 Å². The molecule has 1 aromatic carbocycles. The van der Waals surface area contributed by atoms with Crippen molar-refractivity contribution in [2.45, 2.75) is 25.9 Å². The zero-order valence-electron chi connectivity index (χ0n) is 13.9. The van der Waals surface area contributed by atoms with Crippen molar-refractivity contribution in [1.82, 2.24) is 9.38 Å². The zero-order chi connectivity index (χ0) is 16.8. The van der Waals surface area contributed by atoms with Gasteiger partial charge in [-0.1, -0.05) is 12.1 Å². The molecule has 0 radical (unpaired) electrons. The quantitative estimate of drug-likeness (QED) is 0.806. The number of hydrogen-bond acceptors (Lipinski definition) is 4. The molecular formula is C19H20N4O. The fourth-order valence-electron chi connectivity index (χ4n) is 3.68. The van der Waals surface area contributed by atoms with Crippen LogP contribution >= 0.6 is 0 Å². The van der Waals surface area contributed by atoms with Crippen molar-refractivity contribution in [3.05, 3.63) is 41.5 Å². The molecule has 0 saturated heterocycles. The highest BCUT2D eigenvalue weighted by Gasteiger charge is 2.29. The smallest absolute Gasteiger partial charge is 0.157 e. The number of para-hydroxylation sites is 2. The van der Waals surface area contributed by atoms with E-state index in [9.17, 15) is 10.4 Å². The summed E-state index contributed by atoms with van der Waals surface area (Å²) in [6.45, 7) is 2.85. The Bertz CT molecular complexity index is 963. The van der Waals surface area contributed by atoms with Gasteiger partial charge in [0.15, 0.2) is 5.65 Å². The second-order valence-electron chi connectivity index (χ2n) is 6.80. The highest BCUT2D eigenvalue weighted by molar-refractivity contribution is 5.85. The lowest BCUT2D eigenvalue weighted by atomic mass is 9.82. The number of aryl methyl sites for hydroxylation is 1. The second kappa shape index (κ2) is 5.50. The van der Waals surface area contributed by atoms with E-state index in [1.807, 2.05) is 31.2 Å². The first kappa shape index (κ1) is 15.0. The van der Waals surface area contributed by atoms with Gasteiger partial charge in [0.25, 0.3) is 0 Å². The highest BCUT2D eigenvalue weighted by atomic mass is 16.3. The number of nitrogens with zero attached hydrogens (tertiary/aromatic N) is 4. The number of aliphatic hydroxyl groups is 1. The summed E-state index contributed by atoms with van der Waals surface area (Å²) in [7, 11) is 2.07. The van der Waals surface area contributed by atoms with Crippen LogP contribution in [0.25, 0.3) is 16.7 Å². The number of fused-ring (bicyclic) bond motifs is 3. The molecule has 0 amide bonds. The van der Waals surface area contributed by atoms with E-state index < -0.39 is 0 Å². The van der Waals surface area contributed by atoms with Crippen LogP contribution in [0, 0.1) is 24.2 Å². The van der Waals surface area contributed by atoms with E-state index in [1.54, 1.807) is 0 Å². The fourth-order valence-corrected chi connectivity index (χ4v) is 3.68. The van der Waals surface area contributed by atoms with Crippen molar-refractivity contribution >= 4 is 22.5 Å². The zero-order valence-corrected chi connectivity index (χ0v) is 13.9. The molecule has 24 heavy (non-hydrogen) atoms. The van der Waals surface area contributed by atoms with Gasteiger partial charge in [0.1, 0.15) is 11.9 Å². The average molecular weight is 320 g/mol. The van der Waals surface area contributed by atoms with Gasteiger partial charge >= 0.3 is 0 Å². The third-order valence-corrected chi connectivity index (χ3v) is 5.00. The first-order valence-corrected chi connectivity index (χ1v) is 8.28. The van der Waals surface area contributed by atoms with Gasteiger partial charge in [0.05, 0.1) is 22.7 Å². The molecular weight excluding hydrogens is 300 g/mol. The Morgan fingerprint density at radius 1 is 1.38 bits per heavy atom. The molecule has 0 aliphatic heterocycles. The molecule has 2 heterocycles. The van der Waals surface area contributed by atoms with Crippen molar-refractivity contribution in [1.29, 1.82) is 5.26 Å². The SMILES string of the molecule is Cc1cc(N(C)CC2CC(O)C2)n2c(nc3ccccc32)c1C#N. The Balaban J connectivity index is 1.89. The van der Waals surface area contributed by atoms with E-state index in [4.69, 9.17) is 0 Å². The number of pyridine rings is 1. The maximum absolute atomic E-state index is 9.55. The lowest BCUT2D eigenvalue weighted by molar-refractivity contribution is 0.0464. The molecule has 3 aromatic rings. The van der Waals surface area contributed by atoms with Crippen LogP contribution in [0.15, 0.2) is 30.3 Å². The molecule has 0 spiro atoms. The van der Waals surface area contributed by atoms with Crippen molar-refractivity contribution < 1.29 is 5.11 Å². The monoisotopic (exact) mass is 320 g/mol. The molecule has 1 fully saturated rings. The number of nitriles is 1. The van der Waals surface area contributed by atoms with Crippen LogP contribution in [-0.2, 0) is 0 Å². The van der Waals surface area contributed by atoms with Gasteiger partial charge in [0, 0.05) is 13.6 Å². The molecule has 1 aliphatic carbocycles. The molecule has 5 heteroatoms. The highest BCUT2D eigenvalue weighted by Crippen LogP contribution is 2.32. The summed E-state index contributed by atoms with van der Waals surface area (Å²) in [4.78, 5) is 6.90. The van der Waals surface area contributed by atoms with Crippen LogP contribution in [0.3, 0.4) is 0 Å². The van der Waals surface area contributed by atoms with E-state index in [0.717, 1.165) is 41.8 Å². The summed E-state index contributed by atoms with van der Waals surface area (Å²) in [5, 5.41) is 19.1. The molecule has 1 saturated carbocycles. The minimum atomic E-state index is -0.139. The molecule has 1 aliphatic rings. The van der Waals surface area contributed by atoms with E-state index >= 15 is 0 Å². The molecule has 0 atom stereocenters. The van der Waals surface area contributed by atoms with Crippen LogP contribution in [-0.4, -0.2) is 34.2 Å². The summed E-state index contributed by atoms with van der Waals surface area (Å²) < 4.78 is 2.08. The third-order valence-electron chi connectivity index (χ3n) is 5.00. The van der Waals surface area contributed by atoms with Gasteiger partial charge in [-0.15, -0.1) is 0 Å². The van der Waals surface area contributed by atoms with Gasteiger partial charge in [-0.05, 0) is 49.4 Å². The van der Waals surface area contributed by atoms with Crippen molar-refractivity contribution in [3.63, 3.8) is 0 Å². The van der Waals surface area contributed by atoms with Crippen molar-refractivity contribution in [3.8, 4) is 6.07 Å². The minimum Gasteiger partial charge on any atom is -0.393 e. The predicted octanol–water partition coefficient (Wildman–Crippen LogP) is 2.87. The van der Waals surface area contributed by atoms with Gasteiger partial charge in [-0.2, -0.15) is 5.26 Å². The maximum atomic E-state index is 9.55. The van der Waals surface area contributed by atoms with E-state index in [-0.39, 0.29) is 6.10 Å². The minimum absolute atomic E-state index is 0.139. The number of imidazole rings is 1. The molecule has 5 nitrogen and oxygen atoms in total. The first-order valence-electron chi connectivity index (χ1n) is 8.28. The Kier molecular flexibility index (Phi) is 3.43. The van der Waals surface area contributed by atoms with Gasteiger partial charge in [-0.3, -0.25) is 4.40 Å². The van der Waals surface area contributed by atoms with E-state index in [2.05, 4.69) is 33.5 Å². The summed E-state index contributed by atoms with van der Waals surface area (Å²) in [5.74, 6) is 1.56. The maximum Gasteiger partial charge on any atom is 0.157 e. The third kappa shape index (κ3) is 2.22. The lowest BCUT2D eigenvalue weighted by Gasteiger charge is -2.35. The molecule has 1 N–H and O–H groups in total. The average Bonchev–Trinajstić information content (AvgIpc) is 2.91. The van der Waals surface area contributed by atoms with Crippen LogP contribution in [0.1, 0.15) is 24.0 Å². The largest absolute Gasteiger partial charge is 0.393 e. The van der Waals surface area contributed by atoms with Gasteiger partial charge < -0.3 is 10.0 Å². The topological polar surface area (TPSA) is 64.6 Å². The standard InChI is InChI=1S/C19H20N4O/c1-12-7-18(22(2)11-13-8-14(24)9-13)23-17-6-4-3-5-16(17)21-19(23)15(12)10-20/h3-7,13-14,24H,8-9,11H2,1-2H3. The lowest BCUT2D eigenvalue weighted by Crippen LogP contribution is -2.37. The molecule has 122 valence electrons. The normalized spacial score (nSPS) is 20.1. The molecule has 4 rings (SSSR count). The predicted molar refractivity (Wildman–Crippen MR) is 94.2 cm³/mol. The van der Waals surface area contributed by atoms with Gasteiger partial charge in [0.2, 0.25) is 0 Å². The summed E-state index contributed by atoms with van der Waals surface area (Å²) in [6.07, 6.45) is 1.60. The Labute approximate surface area is 140 Å². The van der Waals surface area contributed by atoms with E-state index in [1.165, 1.54) is 0 Å². The van der Waals surface area contributed by atoms with Crippen molar-refractivity contribution in [2.24, 2.45) is 5.92 Å². The van der Waals surface area contributed by atoms with Crippen LogP contribution in [0.2, 0.25) is 0 Å². The van der Waals surface area contributed by atoms with Crippen LogP contribution in [0.4, 0.5) is 5.82 Å². The molecule has 2 aromatic heterocycles. The Morgan fingerprint density at radius 2 is 2.12 bits per heavy atom. The van der Waals surface area contributed by atoms with Gasteiger partial charge in [-0.25, -0.2) is 4.98 Å². The summed E-state index contributed by atoms with van der Waals surface area (Å²) >= 11 is 0. The van der Waals surface area contributed by atoms with E-state index in [0.29, 0.717) is 17.1 Å². The number of hydrogen-bond donors (Lipinski definition) is 1. The second-order valence-corrected chi connectivity index (χ2v) is 6.80.